The van der Waals surface area contributed by atoms with Crippen LogP contribution in [-0.4, -0.2) is 40.2 Å². The third-order valence-electron chi connectivity index (χ3n) is 5.05. The fourth-order valence-corrected chi connectivity index (χ4v) is 5.86. The molecule has 1 saturated carbocycles. The van der Waals surface area contributed by atoms with E-state index in [-0.39, 0.29) is 27.8 Å². The van der Waals surface area contributed by atoms with Crippen molar-refractivity contribution in [2.75, 3.05) is 12.4 Å². The Morgan fingerprint density at radius 2 is 2.00 bits per heavy atom. The SMILES string of the molecule is C#CCn1c(=O)n(-c2nnc(C(F)F)s2)c2cc(S(=O)(=O)CC3(CF)CC3)ccc21. The van der Waals surface area contributed by atoms with Crippen molar-refractivity contribution in [3.05, 3.63) is 33.7 Å². The zero-order chi connectivity index (χ0) is 21.7. The molecule has 7 nitrogen and oxygen atoms in total. The van der Waals surface area contributed by atoms with E-state index in [1.54, 1.807) is 0 Å². The van der Waals surface area contributed by atoms with Gasteiger partial charge in [-0.1, -0.05) is 17.3 Å². The predicted molar refractivity (Wildman–Crippen MR) is 104 cm³/mol. The van der Waals surface area contributed by atoms with Gasteiger partial charge >= 0.3 is 5.69 Å². The van der Waals surface area contributed by atoms with Crippen LogP contribution in [0, 0.1) is 17.8 Å². The normalized spacial score (nSPS) is 15.6. The molecule has 0 amide bonds. The molecule has 2 heterocycles. The topological polar surface area (TPSA) is 86.8 Å². The van der Waals surface area contributed by atoms with Crippen molar-refractivity contribution in [1.29, 1.82) is 0 Å². The molecule has 3 aromatic rings. The molecule has 0 atom stereocenters. The monoisotopic (exact) mass is 456 g/mol. The van der Waals surface area contributed by atoms with E-state index in [2.05, 4.69) is 16.1 Å². The van der Waals surface area contributed by atoms with Crippen LogP contribution in [0.3, 0.4) is 0 Å². The molecule has 12 heteroatoms. The number of imidazole rings is 1. The van der Waals surface area contributed by atoms with Crippen molar-refractivity contribution in [2.45, 2.75) is 30.7 Å². The van der Waals surface area contributed by atoms with Crippen LogP contribution in [0.4, 0.5) is 13.2 Å². The third-order valence-corrected chi connectivity index (χ3v) is 7.93. The Hall–Kier alpha value is -2.65. The molecule has 0 N–H and O–H groups in total. The number of nitrogens with zero attached hydrogens (tertiary/aromatic N) is 4. The van der Waals surface area contributed by atoms with E-state index in [1.165, 1.54) is 22.8 Å². The van der Waals surface area contributed by atoms with E-state index in [4.69, 9.17) is 6.42 Å². The van der Waals surface area contributed by atoms with E-state index in [1.807, 2.05) is 0 Å². The maximum Gasteiger partial charge on any atom is 0.336 e. The molecule has 1 aliphatic carbocycles. The van der Waals surface area contributed by atoms with Crippen LogP contribution in [0.25, 0.3) is 16.2 Å². The molecule has 0 aliphatic heterocycles. The molecule has 4 rings (SSSR count). The second kappa shape index (κ2) is 7.24. The summed E-state index contributed by atoms with van der Waals surface area (Å²) >= 11 is 0.518. The Kier molecular flexibility index (Phi) is 4.98. The first-order chi connectivity index (χ1) is 14.2. The number of sulfone groups is 1. The number of alkyl halides is 3. The summed E-state index contributed by atoms with van der Waals surface area (Å²) in [5.41, 5.74) is -1.05. The van der Waals surface area contributed by atoms with Crippen LogP contribution in [0.5, 0.6) is 0 Å². The quantitative estimate of drug-likeness (QED) is 0.511. The Morgan fingerprint density at radius 3 is 2.57 bits per heavy atom. The molecule has 0 bridgehead atoms. The zero-order valence-corrected chi connectivity index (χ0v) is 17.0. The second-order valence-corrected chi connectivity index (χ2v) is 10.2. The summed E-state index contributed by atoms with van der Waals surface area (Å²) in [6, 6.07) is 4.01. The van der Waals surface area contributed by atoms with Crippen LogP contribution in [-0.2, 0) is 16.4 Å². The molecule has 158 valence electrons. The van der Waals surface area contributed by atoms with Gasteiger partial charge < -0.3 is 0 Å². The van der Waals surface area contributed by atoms with Crippen LogP contribution in [0.2, 0.25) is 0 Å². The Balaban J connectivity index is 1.90. The molecular formula is C18H15F3N4O3S2. The molecule has 0 unspecified atom stereocenters. The average Bonchev–Trinajstić information content (AvgIpc) is 3.18. The standard InChI is InChI=1S/C18H15F3N4O3S2/c1-2-7-24-12-4-3-11(30(27,28)10-18(9-19)5-6-18)8-13(12)25(17(24)26)16-23-22-15(29-16)14(20)21/h1,3-4,8,14H,5-7,9-10H2. The van der Waals surface area contributed by atoms with E-state index in [0.29, 0.717) is 29.7 Å². The van der Waals surface area contributed by atoms with Crippen molar-refractivity contribution in [3.63, 3.8) is 0 Å². The highest BCUT2D eigenvalue weighted by Gasteiger charge is 2.46. The lowest BCUT2D eigenvalue weighted by Crippen LogP contribution is -2.22. The van der Waals surface area contributed by atoms with Crippen molar-refractivity contribution in [2.24, 2.45) is 5.41 Å². The molecule has 0 saturated heterocycles. The Morgan fingerprint density at radius 1 is 1.27 bits per heavy atom. The number of aromatic nitrogens is 4. The summed E-state index contributed by atoms with van der Waals surface area (Å²) in [6.07, 6.45) is 3.46. The summed E-state index contributed by atoms with van der Waals surface area (Å²) in [7, 11) is -3.84. The molecule has 2 aromatic heterocycles. The largest absolute Gasteiger partial charge is 0.336 e. The van der Waals surface area contributed by atoms with Gasteiger partial charge in [0.25, 0.3) is 6.43 Å². The molecule has 30 heavy (non-hydrogen) atoms. The van der Waals surface area contributed by atoms with Gasteiger partial charge in [-0.3, -0.25) is 8.96 Å². The molecular weight excluding hydrogens is 441 g/mol. The van der Waals surface area contributed by atoms with Crippen LogP contribution in [0.1, 0.15) is 24.3 Å². The Bertz CT molecular complexity index is 1330. The number of benzene rings is 1. The van der Waals surface area contributed by atoms with Gasteiger partial charge in [0, 0.05) is 5.41 Å². The van der Waals surface area contributed by atoms with Crippen molar-refractivity contribution < 1.29 is 21.6 Å². The van der Waals surface area contributed by atoms with Crippen LogP contribution in [0.15, 0.2) is 27.9 Å². The molecule has 0 spiro atoms. The van der Waals surface area contributed by atoms with Gasteiger partial charge in [0.05, 0.1) is 34.9 Å². The van der Waals surface area contributed by atoms with Crippen molar-refractivity contribution in [3.8, 4) is 17.5 Å². The highest BCUT2D eigenvalue weighted by molar-refractivity contribution is 7.91. The van der Waals surface area contributed by atoms with Gasteiger partial charge in [0.2, 0.25) is 5.13 Å². The first-order valence-corrected chi connectivity index (χ1v) is 11.3. The minimum atomic E-state index is -3.84. The highest BCUT2D eigenvalue weighted by Crippen LogP contribution is 2.48. The first kappa shape index (κ1) is 20.6. The number of rotatable bonds is 7. The van der Waals surface area contributed by atoms with Crippen LogP contribution >= 0.6 is 11.3 Å². The van der Waals surface area contributed by atoms with E-state index in [9.17, 15) is 26.4 Å². The van der Waals surface area contributed by atoms with E-state index in [0.717, 1.165) is 4.57 Å². The van der Waals surface area contributed by atoms with Crippen molar-refractivity contribution >= 4 is 32.2 Å². The lowest BCUT2D eigenvalue weighted by atomic mass is 10.2. The number of terminal acetylenes is 1. The Labute approximate surface area is 173 Å². The molecule has 1 aliphatic rings. The molecule has 1 aromatic carbocycles. The summed E-state index contributed by atoms with van der Waals surface area (Å²) in [4.78, 5) is 12.8. The van der Waals surface area contributed by atoms with Gasteiger partial charge in [-0.05, 0) is 31.0 Å². The lowest BCUT2D eigenvalue weighted by molar-refractivity contribution is 0.150. The minimum absolute atomic E-state index is 0.0973. The smallest absolute Gasteiger partial charge is 0.280 e. The van der Waals surface area contributed by atoms with Crippen molar-refractivity contribution in [1.82, 2.24) is 19.3 Å². The summed E-state index contributed by atoms with van der Waals surface area (Å²) in [5, 5.41) is 6.33. The van der Waals surface area contributed by atoms with Crippen LogP contribution < -0.4 is 5.69 Å². The van der Waals surface area contributed by atoms with Gasteiger partial charge in [0.1, 0.15) is 0 Å². The number of hydrogen-bond acceptors (Lipinski definition) is 6. The highest BCUT2D eigenvalue weighted by atomic mass is 32.2. The maximum absolute atomic E-state index is 13.2. The molecule has 0 radical (unpaired) electrons. The third kappa shape index (κ3) is 3.41. The number of fused-ring (bicyclic) bond motifs is 1. The van der Waals surface area contributed by atoms with Gasteiger partial charge in [0.15, 0.2) is 14.8 Å². The number of halogens is 3. The first-order valence-electron chi connectivity index (χ1n) is 8.81. The molecule has 1 fully saturated rings. The fourth-order valence-electron chi connectivity index (χ4n) is 3.24. The van der Waals surface area contributed by atoms with Gasteiger partial charge in [-0.2, -0.15) is 0 Å². The van der Waals surface area contributed by atoms with E-state index < -0.39 is 39.0 Å². The zero-order valence-electron chi connectivity index (χ0n) is 15.4. The summed E-state index contributed by atoms with van der Waals surface area (Å²) in [5.74, 6) is 1.99. The number of hydrogen-bond donors (Lipinski definition) is 0. The maximum atomic E-state index is 13.2. The van der Waals surface area contributed by atoms with Gasteiger partial charge in [-0.15, -0.1) is 16.6 Å². The minimum Gasteiger partial charge on any atom is -0.280 e. The van der Waals surface area contributed by atoms with Gasteiger partial charge in [-0.25, -0.2) is 26.6 Å². The predicted octanol–water partition coefficient (Wildman–Crippen LogP) is 2.74. The average molecular weight is 456 g/mol. The summed E-state index contributed by atoms with van der Waals surface area (Å²) in [6.45, 7) is -0.835. The lowest BCUT2D eigenvalue weighted by Gasteiger charge is -2.11. The van der Waals surface area contributed by atoms with E-state index >= 15 is 0 Å². The fraction of sp³-hybridized carbons (Fsp3) is 0.389. The second-order valence-electron chi connectivity index (χ2n) is 7.18. The summed E-state index contributed by atoms with van der Waals surface area (Å²) < 4.78 is 67.0.